The minimum Gasteiger partial charge on any atom is -0.481 e. The van der Waals surface area contributed by atoms with E-state index in [2.05, 4.69) is 25.9 Å². The Morgan fingerprint density at radius 2 is 1.60 bits per heavy atom. The predicted octanol–water partition coefficient (Wildman–Crippen LogP) is -1.14. The molecule has 0 spiro atoms. The number of carbonyl (C=O) groups excluding carboxylic acids is 3. The molecule has 0 fully saturated rings. The van der Waals surface area contributed by atoms with Gasteiger partial charge in [0.15, 0.2) is 5.96 Å². The fraction of sp³-hybridized carbons (Fsp3) is 0.462. The highest BCUT2D eigenvalue weighted by atomic mass is 32.2. The quantitative estimate of drug-likeness (QED) is 0.0556. The monoisotopic (exact) mass is 606 g/mol. The fourth-order valence-corrected chi connectivity index (χ4v) is 4.57. The van der Waals surface area contributed by atoms with Gasteiger partial charge in [-0.05, 0) is 49.3 Å². The average molecular weight is 607 g/mol. The second kappa shape index (κ2) is 16.8. The number of carbonyl (C=O) groups is 5. The zero-order valence-electron chi connectivity index (χ0n) is 23.2. The van der Waals surface area contributed by atoms with Crippen LogP contribution in [0.1, 0.15) is 31.2 Å². The summed E-state index contributed by atoms with van der Waals surface area (Å²) >= 11 is 1.42. The highest BCUT2D eigenvalue weighted by molar-refractivity contribution is 7.98. The molecule has 42 heavy (non-hydrogen) atoms. The van der Waals surface area contributed by atoms with Crippen molar-refractivity contribution in [2.24, 2.45) is 22.2 Å². The van der Waals surface area contributed by atoms with Crippen LogP contribution in [-0.2, 0) is 30.4 Å². The first kappa shape index (κ1) is 33.9. The molecular formula is C26H38N8O7S. The lowest BCUT2D eigenvalue weighted by Crippen LogP contribution is -2.57. The molecule has 2 aromatic rings. The van der Waals surface area contributed by atoms with Crippen molar-refractivity contribution in [1.82, 2.24) is 20.9 Å². The molecule has 0 aliphatic carbocycles. The SMILES string of the molecule is CSCCC(NC(=O)C(N)Cc1c[nH]c2ccccc12)C(=O)NC(CC(=O)O)C(=O)NC(CCCN=C(N)N)C(=O)O. The topological polar surface area (TPSA) is 268 Å². The predicted molar refractivity (Wildman–Crippen MR) is 159 cm³/mol. The van der Waals surface area contributed by atoms with Crippen molar-refractivity contribution in [3.63, 3.8) is 0 Å². The number of hydrogen-bond acceptors (Lipinski definition) is 8. The summed E-state index contributed by atoms with van der Waals surface area (Å²) in [6.07, 6.45) is 3.27. The van der Waals surface area contributed by atoms with E-state index in [4.69, 9.17) is 17.2 Å². The average Bonchev–Trinajstić information content (AvgIpc) is 3.34. The van der Waals surface area contributed by atoms with Gasteiger partial charge in [0, 0.05) is 23.6 Å². The summed E-state index contributed by atoms with van der Waals surface area (Å²) in [5.41, 5.74) is 18.4. The number of para-hydroxylation sites is 1. The number of rotatable bonds is 18. The van der Waals surface area contributed by atoms with Crippen LogP contribution in [0, 0.1) is 0 Å². The third-order valence-corrected chi connectivity index (χ3v) is 6.91. The number of aromatic nitrogens is 1. The first-order valence-electron chi connectivity index (χ1n) is 13.1. The van der Waals surface area contributed by atoms with Crippen molar-refractivity contribution < 1.29 is 34.2 Å². The molecular weight excluding hydrogens is 568 g/mol. The molecule has 230 valence electrons. The van der Waals surface area contributed by atoms with Crippen LogP contribution in [0.25, 0.3) is 10.9 Å². The molecule has 15 nitrogen and oxygen atoms in total. The van der Waals surface area contributed by atoms with Crippen LogP contribution in [-0.4, -0.2) is 93.5 Å². The molecule has 0 bridgehead atoms. The van der Waals surface area contributed by atoms with E-state index in [1.54, 1.807) is 12.5 Å². The summed E-state index contributed by atoms with van der Waals surface area (Å²) in [5, 5.41) is 26.9. The lowest BCUT2D eigenvalue weighted by Gasteiger charge is -2.24. The number of aromatic amines is 1. The Morgan fingerprint density at radius 1 is 0.952 bits per heavy atom. The lowest BCUT2D eigenvalue weighted by molar-refractivity contribution is -0.143. The minimum absolute atomic E-state index is 0.0493. The largest absolute Gasteiger partial charge is 0.481 e. The zero-order chi connectivity index (χ0) is 31.2. The summed E-state index contributed by atoms with van der Waals surface area (Å²) in [5.74, 6) is -4.89. The molecule has 1 aromatic heterocycles. The van der Waals surface area contributed by atoms with Gasteiger partial charge in [-0.25, -0.2) is 4.79 Å². The molecule has 3 amide bonds. The Balaban J connectivity index is 2.09. The smallest absolute Gasteiger partial charge is 0.326 e. The van der Waals surface area contributed by atoms with Crippen molar-refractivity contribution in [1.29, 1.82) is 0 Å². The van der Waals surface area contributed by atoms with Gasteiger partial charge >= 0.3 is 11.9 Å². The molecule has 4 unspecified atom stereocenters. The Hall–Kier alpha value is -4.31. The van der Waals surface area contributed by atoms with Gasteiger partial charge in [0.25, 0.3) is 0 Å². The first-order chi connectivity index (χ1) is 19.9. The Kier molecular flexibility index (Phi) is 13.6. The van der Waals surface area contributed by atoms with Gasteiger partial charge in [0.1, 0.15) is 18.1 Å². The van der Waals surface area contributed by atoms with Crippen LogP contribution in [0.2, 0.25) is 0 Å². The first-order valence-corrected chi connectivity index (χ1v) is 14.5. The number of hydrogen-bond donors (Lipinski definition) is 9. The number of nitrogens with two attached hydrogens (primary N) is 3. The maximum absolute atomic E-state index is 13.2. The van der Waals surface area contributed by atoms with Gasteiger partial charge in [-0.2, -0.15) is 11.8 Å². The summed E-state index contributed by atoms with van der Waals surface area (Å²) in [7, 11) is 0. The van der Waals surface area contributed by atoms with Gasteiger partial charge in [-0.3, -0.25) is 24.2 Å². The number of nitrogens with one attached hydrogen (secondary N) is 4. The van der Waals surface area contributed by atoms with Crippen LogP contribution in [0.15, 0.2) is 35.5 Å². The van der Waals surface area contributed by atoms with Gasteiger partial charge in [0.05, 0.1) is 12.5 Å². The molecule has 0 radical (unpaired) electrons. The summed E-state index contributed by atoms with van der Waals surface area (Å²) in [6.45, 7) is 0.122. The van der Waals surface area contributed by atoms with E-state index in [9.17, 15) is 34.2 Å². The molecule has 1 aromatic carbocycles. The Bertz CT molecular complexity index is 1280. The number of amides is 3. The van der Waals surface area contributed by atoms with Crippen LogP contribution in [0.3, 0.4) is 0 Å². The van der Waals surface area contributed by atoms with Gasteiger partial charge in [0.2, 0.25) is 17.7 Å². The fourth-order valence-electron chi connectivity index (χ4n) is 4.10. The maximum atomic E-state index is 13.2. The van der Waals surface area contributed by atoms with Gasteiger partial charge < -0.3 is 48.3 Å². The number of aliphatic imine (C=N–C) groups is 1. The normalized spacial score (nSPS) is 13.8. The summed E-state index contributed by atoms with van der Waals surface area (Å²) in [6, 6.07) is 2.41. The van der Waals surface area contributed by atoms with Crippen molar-refractivity contribution in [3.05, 3.63) is 36.0 Å². The van der Waals surface area contributed by atoms with Crippen molar-refractivity contribution in [2.75, 3.05) is 18.6 Å². The summed E-state index contributed by atoms with van der Waals surface area (Å²) < 4.78 is 0. The molecule has 2 rings (SSSR count). The van der Waals surface area contributed by atoms with E-state index in [1.165, 1.54) is 11.8 Å². The standard InChI is InChI=1S/C26H38N8O7S/c1-42-10-8-18(32-22(37)16(27)11-14-13-31-17-6-3-2-5-15(14)17)23(38)34-20(12-21(35)36)24(39)33-19(25(40)41)7-4-9-30-26(28)29/h2-3,5-6,13,16,18-20,31H,4,7-12,27H2,1H3,(H,32,37)(H,33,39)(H,34,38)(H,35,36)(H,40,41)(H4,28,29,30). The van der Waals surface area contributed by atoms with E-state index in [0.29, 0.717) is 5.75 Å². The summed E-state index contributed by atoms with van der Waals surface area (Å²) in [4.78, 5) is 69.0. The molecule has 0 aliphatic heterocycles. The van der Waals surface area contributed by atoms with E-state index >= 15 is 0 Å². The van der Waals surface area contributed by atoms with E-state index in [0.717, 1.165) is 16.5 Å². The number of carboxylic acids is 2. The lowest BCUT2D eigenvalue weighted by atomic mass is 10.0. The molecule has 16 heteroatoms. The molecule has 0 aliphatic rings. The third kappa shape index (κ3) is 10.9. The van der Waals surface area contributed by atoms with Gasteiger partial charge in [-0.1, -0.05) is 18.2 Å². The molecule has 12 N–H and O–H groups in total. The van der Waals surface area contributed by atoms with E-state index < -0.39 is 60.2 Å². The van der Waals surface area contributed by atoms with Crippen molar-refractivity contribution in [2.45, 2.75) is 56.3 Å². The van der Waals surface area contributed by atoms with Crippen LogP contribution in [0.4, 0.5) is 0 Å². The van der Waals surface area contributed by atoms with Crippen molar-refractivity contribution >= 4 is 58.3 Å². The van der Waals surface area contributed by atoms with E-state index in [-0.39, 0.29) is 38.2 Å². The second-order valence-electron chi connectivity index (χ2n) is 9.52. The highest BCUT2D eigenvalue weighted by Gasteiger charge is 2.31. The number of aliphatic carboxylic acids is 2. The number of benzene rings is 1. The van der Waals surface area contributed by atoms with Gasteiger partial charge in [-0.15, -0.1) is 0 Å². The Labute approximate surface area is 246 Å². The van der Waals surface area contributed by atoms with E-state index in [1.807, 2.05) is 24.3 Å². The number of nitrogens with zero attached hydrogens (tertiary/aromatic N) is 1. The van der Waals surface area contributed by atoms with Crippen LogP contribution < -0.4 is 33.2 Å². The number of thioether (sulfide) groups is 1. The zero-order valence-corrected chi connectivity index (χ0v) is 24.0. The molecule has 0 saturated carbocycles. The molecule has 1 heterocycles. The Morgan fingerprint density at radius 3 is 2.24 bits per heavy atom. The van der Waals surface area contributed by atoms with Crippen LogP contribution in [0.5, 0.6) is 0 Å². The number of fused-ring (bicyclic) bond motifs is 1. The maximum Gasteiger partial charge on any atom is 0.326 e. The molecule has 4 atom stereocenters. The second-order valence-corrected chi connectivity index (χ2v) is 10.5. The number of carboxylic acid groups (broad SMARTS) is 2. The molecule has 0 saturated heterocycles. The van der Waals surface area contributed by atoms with Crippen molar-refractivity contribution in [3.8, 4) is 0 Å². The highest BCUT2D eigenvalue weighted by Crippen LogP contribution is 2.19. The third-order valence-electron chi connectivity index (χ3n) is 6.27. The van der Waals surface area contributed by atoms with Crippen LogP contribution >= 0.6 is 11.8 Å². The number of H-pyrrole nitrogens is 1. The number of guanidine groups is 1. The minimum atomic E-state index is -1.61.